The molecule has 1 saturated carbocycles. The van der Waals surface area contributed by atoms with Crippen LogP contribution in [0.15, 0.2) is 35.9 Å². The van der Waals surface area contributed by atoms with Crippen molar-refractivity contribution < 1.29 is 9.53 Å². The molecule has 1 aromatic rings. The Morgan fingerprint density at radius 3 is 2.27 bits per heavy atom. The molecule has 3 aliphatic rings. The number of rotatable bonds is 3. The van der Waals surface area contributed by atoms with E-state index in [2.05, 4.69) is 11.0 Å². The standard InChI is InChI=1S/C19H23NO2/c1-22-18-8-4-15(5-9-18)19(21)20-16-6-7-17(20)12-14(11-16)10-13-2-3-13/h4-5,8-10,13,16-17H,2-3,6-7,11-12H2,1H3. The number of hydrogen-bond acceptors (Lipinski definition) is 2. The molecule has 1 aliphatic carbocycles. The van der Waals surface area contributed by atoms with Crippen LogP contribution in [0.2, 0.25) is 0 Å². The Morgan fingerprint density at radius 2 is 1.73 bits per heavy atom. The second-order valence-electron chi connectivity index (χ2n) is 6.90. The Morgan fingerprint density at radius 1 is 1.09 bits per heavy atom. The fraction of sp³-hybridized carbons (Fsp3) is 0.526. The average Bonchev–Trinajstić information content (AvgIpc) is 3.31. The van der Waals surface area contributed by atoms with Crippen LogP contribution in [0.3, 0.4) is 0 Å². The molecule has 2 unspecified atom stereocenters. The van der Waals surface area contributed by atoms with Crippen molar-refractivity contribution in [2.75, 3.05) is 7.11 Å². The number of hydrogen-bond donors (Lipinski definition) is 0. The molecule has 3 nitrogen and oxygen atoms in total. The van der Waals surface area contributed by atoms with E-state index in [9.17, 15) is 4.79 Å². The van der Waals surface area contributed by atoms with Gasteiger partial charge in [-0.1, -0.05) is 11.6 Å². The number of carbonyl (C=O) groups is 1. The summed E-state index contributed by atoms with van der Waals surface area (Å²) in [6.45, 7) is 0. The normalized spacial score (nSPS) is 27.0. The van der Waals surface area contributed by atoms with E-state index in [1.54, 1.807) is 12.7 Å². The van der Waals surface area contributed by atoms with Crippen LogP contribution >= 0.6 is 0 Å². The molecule has 0 aromatic heterocycles. The minimum atomic E-state index is 0.195. The average molecular weight is 297 g/mol. The SMILES string of the molecule is COc1ccc(C(=O)N2C3CCC2CC(=CC2CC2)C3)cc1. The second kappa shape index (κ2) is 5.45. The summed E-state index contributed by atoms with van der Waals surface area (Å²) in [7, 11) is 1.65. The third kappa shape index (κ3) is 2.53. The summed E-state index contributed by atoms with van der Waals surface area (Å²) in [6.07, 6.45) is 9.74. The second-order valence-corrected chi connectivity index (χ2v) is 6.90. The Balaban J connectivity index is 1.51. The lowest BCUT2D eigenvalue weighted by Gasteiger charge is -2.36. The van der Waals surface area contributed by atoms with Crippen molar-refractivity contribution in [3.63, 3.8) is 0 Å². The number of methoxy groups -OCH3 is 1. The minimum Gasteiger partial charge on any atom is -0.497 e. The van der Waals surface area contributed by atoms with Crippen molar-refractivity contribution in [3.05, 3.63) is 41.5 Å². The molecule has 0 N–H and O–H groups in total. The topological polar surface area (TPSA) is 29.5 Å². The first-order valence-electron chi connectivity index (χ1n) is 8.41. The Hall–Kier alpha value is -1.77. The number of nitrogens with zero attached hydrogens (tertiary/aromatic N) is 1. The van der Waals surface area contributed by atoms with Crippen molar-refractivity contribution in [2.45, 2.75) is 50.6 Å². The van der Waals surface area contributed by atoms with Crippen LogP contribution in [-0.2, 0) is 0 Å². The maximum absolute atomic E-state index is 12.9. The van der Waals surface area contributed by atoms with Crippen LogP contribution in [0.1, 0.15) is 48.9 Å². The monoisotopic (exact) mass is 297 g/mol. The summed E-state index contributed by atoms with van der Waals surface area (Å²) >= 11 is 0. The number of allylic oxidation sites excluding steroid dienone is 1. The van der Waals surface area contributed by atoms with Crippen molar-refractivity contribution in [3.8, 4) is 5.75 Å². The molecule has 0 spiro atoms. The van der Waals surface area contributed by atoms with Crippen molar-refractivity contribution in [1.82, 2.24) is 4.90 Å². The van der Waals surface area contributed by atoms with E-state index in [4.69, 9.17) is 4.74 Å². The van der Waals surface area contributed by atoms with Gasteiger partial charge in [-0.2, -0.15) is 0 Å². The lowest BCUT2D eigenvalue weighted by atomic mass is 9.94. The van der Waals surface area contributed by atoms with E-state index in [1.165, 1.54) is 12.8 Å². The summed E-state index contributed by atoms with van der Waals surface area (Å²) in [4.78, 5) is 15.0. The van der Waals surface area contributed by atoms with Gasteiger partial charge in [0.1, 0.15) is 5.75 Å². The maximum Gasteiger partial charge on any atom is 0.254 e. The lowest BCUT2D eigenvalue weighted by Crippen LogP contribution is -2.44. The predicted octanol–water partition coefficient (Wildman–Crippen LogP) is 3.80. The molecule has 2 bridgehead atoms. The van der Waals surface area contributed by atoms with E-state index >= 15 is 0 Å². The zero-order valence-corrected chi connectivity index (χ0v) is 13.1. The highest BCUT2D eigenvalue weighted by Gasteiger charge is 2.41. The quantitative estimate of drug-likeness (QED) is 0.794. The first-order chi connectivity index (χ1) is 10.7. The highest BCUT2D eigenvalue weighted by atomic mass is 16.5. The summed E-state index contributed by atoms with van der Waals surface area (Å²) in [5, 5.41) is 0. The van der Waals surface area contributed by atoms with Gasteiger partial charge >= 0.3 is 0 Å². The van der Waals surface area contributed by atoms with Gasteiger partial charge in [-0.3, -0.25) is 4.79 Å². The van der Waals surface area contributed by atoms with Gasteiger partial charge in [0.2, 0.25) is 0 Å². The predicted molar refractivity (Wildman–Crippen MR) is 86.0 cm³/mol. The van der Waals surface area contributed by atoms with Crippen molar-refractivity contribution in [1.29, 1.82) is 0 Å². The summed E-state index contributed by atoms with van der Waals surface area (Å²) < 4.78 is 5.17. The molecule has 1 amide bonds. The van der Waals surface area contributed by atoms with Gasteiger partial charge in [0.05, 0.1) is 7.11 Å². The molecule has 0 radical (unpaired) electrons. The van der Waals surface area contributed by atoms with E-state index in [-0.39, 0.29) is 5.91 Å². The molecule has 4 rings (SSSR count). The first-order valence-corrected chi connectivity index (χ1v) is 8.41. The Kier molecular flexibility index (Phi) is 3.44. The van der Waals surface area contributed by atoms with Gasteiger partial charge in [0.25, 0.3) is 5.91 Å². The molecule has 2 aliphatic heterocycles. The number of ether oxygens (including phenoxy) is 1. The van der Waals surface area contributed by atoms with Crippen LogP contribution < -0.4 is 4.74 Å². The molecule has 2 atom stereocenters. The van der Waals surface area contributed by atoms with Crippen LogP contribution in [-0.4, -0.2) is 30.0 Å². The summed E-state index contributed by atoms with van der Waals surface area (Å²) in [5.41, 5.74) is 2.39. The Labute approximate surface area is 132 Å². The van der Waals surface area contributed by atoms with Gasteiger partial charge < -0.3 is 9.64 Å². The van der Waals surface area contributed by atoms with Crippen molar-refractivity contribution >= 4 is 5.91 Å². The van der Waals surface area contributed by atoms with Crippen LogP contribution in [0.4, 0.5) is 0 Å². The van der Waals surface area contributed by atoms with Crippen molar-refractivity contribution in [2.24, 2.45) is 5.92 Å². The van der Waals surface area contributed by atoms with E-state index in [0.717, 1.165) is 42.9 Å². The number of carbonyl (C=O) groups excluding carboxylic acids is 1. The molecule has 3 fully saturated rings. The largest absolute Gasteiger partial charge is 0.497 e. The third-order valence-corrected chi connectivity index (χ3v) is 5.28. The van der Waals surface area contributed by atoms with E-state index in [0.29, 0.717) is 12.1 Å². The molecular formula is C19H23NO2. The van der Waals surface area contributed by atoms with Gasteiger partial charge in [-0.05, 0) is 68.7 Å². The number of benzene rings is 1. The number of fused-ring (bicyclic) bond motifs is 2. The summed E-state index contributed by atoms with van der Waals surface area (Å²) in [5.74, 6) is 1.84. The third-order valence-electron chi connectivity index (χ3n) is 5.28. The van der Waals surface area contributed by atoms with E-state index in [1.807, 2.05) is 24.3 Å². The van der Waals surface area contributed by atoms with Gasteiger partial charge in [0.15, 0.2) is 0 Å². The van der Waals surface area contributed by atoms with Crippen LogP contribution in [0, 0.1) is 5.92 Å². The van der Waals surface area contributed by atoms with Crippen LogP contribution in [0.5, 0.6) is 5.75 Å². The van der Waals surface area contributed by atoms with Gasteiger partial charge in [-0.15, -0.1) is 0 Å². The zero-order valence-electron chi connectivity index (χ0n) is 13.1. The van der Waals surface area contributed by atoms with Crippen LogP contribution in [0.25, 0.3) is 0 Å². The van der Waals surface area contributed by atoms with Gasteiger partial charge in [-0.25, -0.2) is 0 Å². The molecule has 3 heteroatoms. The first kappa shape index (κ1) is 13.9. The number of piperidine rings is 1. The van der Waals surface area contributed by atoms with Gasteiger partial charge in [0, 0.05) is 17.6 Å². The molecule has 2 heterocycles. The zero-order chi connectivity index (χ0) is 15.1. The Bertz CT molecular complexity index is 584. The fourth-order valence-corrected chi connectivity index (χ4v) is 4.00. The summed E-state index contributed by atoms with van der Waals surface area (Å²) in [6, 6.07) is 8.35. The number of amides is 1. The van der Waals surface area contributed by atoms with E-state index < -0.39 is 0 Å². The highest BCUT2D eigenvalue weighted by Crippen LogP contribution is 2.42. The lowest BCUT2D eigenvalue weighted by molar-refractivity contribution is 0.0634. The fourth-order valence-electron chi connectivity index (χ4n) is 4.00. The smallest absolute Gasteiger partial charge is 0.254 e. The molecule has 22 heavy (non-hydrogen) atoms. The molecule has 1 aromatic carbocycles. The highest BCUT2D eigenvalue weighted by molar-refractivity contribution is 5.95. The maximum atomic E-state index is 12.9. The molecule has 116 valence electrons. The molecule has 2 saturated heterocycles. The minimum absolute atomic E-state index is 0.195. The molecular weight excluding hydrogens is 274 g/mol.